The average Bonchev–Trinajstić information content (AvgIpc) is 2.81. The number of hydrogen-bond donors (Lipinski definition) is 2. The van der Waals surface area contributed by atoms with Gasteiger partial charge in [-0.1, -0.05) is 17.3 Å². The molecule has 0 aliphatic rings. The Morgan fingerprint density at radius 1 is 1.44 bits per heavy atom. The second kappa shape index (κ2) is 4.79. The van der Waals surface area contributed by atoms with Crippen LogP contribution in [0.15, 0.2) is 46.1 Å². The van der Waals surface area contributed by atoms with Gasteiger partial charge in [-0.05, 0) is 24.6 Å². The minimum absolute atomic E-state index is 0.151. The molecule has 1 aromatic carbocycles. The van der Waals surface area contributed by atoms with E-state index in [1.54, 1.807) is 25.1 Å². The van der Waals surface area contributed by atoms with Crippen molar-refractivity contribution in [1.29, 1.82) is 0 Å². The predicted molar refractivity (Wildman–Crippen MR) is 66.4 cm³/mol. The van der Waals surface area contributed by atoms with Gasteiger partial charge in [-0.2, -0.15) is 0 Å². The van der Waals surface area contributed by atoms with Gasteiger partial charge in [0.15, 0.2) is 0 Å². The number of aromatic nitrogens is 1. The number of benzene rings is 1. The highest BCUT2D eigenvalue weighted by Crippen LogP contribution is 2.18. The van der Waals surface area contributed by atoms with E-state index in [0.29, 0.717) is 0 Å². The fourth-order valence-corrected chi connectivity index (χ4v) is 2.51. The van der Waals surface area contributed by atoms with Crippen LogP contribution >= 0.6 is 0 Å². The molecule has 0 aliphatic carbocycles. The maximum atomic E-state index is 12.1. The maximum absolute atomic E-state index is 12.1. The van der Waals surface area contributed by atoms with Crippen LogP contribution in [0.1, 0.15) is 18.5 Å². The Morgan fingerprint density at radius 3 is 2.83 bits per heavy atom. The summed E-state index contributed by atoms with van der Waals surface area (Å²) in [5.41, 5.74) is 6.75. The van der Waals surface area contributed by atoms with Gasteiger partial charge in [0.05, 0.1) is 11.1 Å². The van der Waals surface area contributed by atoms with Crippen LogP contribution in [0.25, 0.3) is 0 Å². The SMILES string of the molecule is CC(N)c1cccc(S(=O)(=O)Nc2cnoc2)c1. The van der Waals surface area contributed by atoms with Crippen molar-refractivity contribution < 1.29 is 12.9 Å². The third-order valence-electron chi connectivity index (χ3n) is 2.38. The van der Waals surface area contributed by atoms with Gasteiger partial charge in [0.1, 0.15) is 12.0 Å². The molecule has 1 unspecified atom stereocenters. The summed E-state index contributed by atoms with van der Waals surface area (Å²) < 4.78 is 31.0. The molecule has 7 heteroatoms. The third kappa shape index (κ3) is 2.69. The summed E-state index contributed by atoms with van der Waals surface area (Å²) in [5, 5.41) is 3.42. The molecule has 1 atom stereocenters. The van der Waals surface area contributed by atoms with E-state index in [1.807, 2.05) is 0 Å². The Kier molecular flexibility index (Phi) is 3.35. The second-order valence-corrected chi connectivity index (χ2v) is 5.56. The van der Waals surface area contributed by atoms with Crippen LogP contribution in [0.5, 0.6) is 0 Å². The molecule has 0 saturated heterocycles. The predicted octanol–water partition coefficient (Wildman–Crippen LogP) is 1.50. The van der Waals surface area contributed by atoms with Crippen molar-refractivity contribution in [3.63, 3.8) is 0 Å². The molecule has 1 aromatic heterocycles. The van der Waals surface area contributed by atoms with Crippen LogP contribution in [0.4, 0.5) is 5.69 Å². The van der Waals surface area contributed by atoms with E-state index >= 15 is 0 Å². The first-order valence-corrected chi connectivity index (χ1v) is 6.75. The summed E-state index contributed by atoms with van der Waals surface area (Å²) >= 11 is 0. The number of nitrogens with zero attached hydrogens (tertiary/aromatic N) is 1. The van der Waals surface area contributed by atoms with Gasteiger partial charge in [-0.15, -0.1) is 0 Å². The molecule has 0 spiro atoms. The normalized spacial score (nSPS) is 13.2. The third-order valence-corrected chi connectivity index (χ3v) is 3.76. The van der Waals surface area contributed by atoms with Crippen LogP contribution in [0.2, 0.25) is 0 Å². The zero-order valence-electron chi connectivity index (χ0n) is 9.70. The van der Waals surface area contributed by atoms with Gasteiger partial charge in [0.25, 0.3) is 10.0 Å². The summed E-state index contributed by atoms with van der Waals surface area (Å²) in [4.78, 5) is 0.151. The highest BCUT2D eigenvalue weighted by Gasteiger charge is 2.16. The first kappa shape index (κ1) is 12.6. The number of hydrogen-bond acceptors (Lipinski definition) is 5. The number of rotatable bonds is 4. The highest BCUT2D eigenvalue weighted by molar-refractivity contribution is 7.92. The first-order chi connectivity index (χ1) is 8.49. The Bertz CT molecular complexity index is 621. The van der Waals surface area contributed by atoms with Gasteiger partial charge >= 0.3 is 0 Å². The first-order valence-electron chi connectivity index (χ1n) is 5.27. The lowest BCUT2D eigenvalue weighted by atomic mass is 10.1. The van der Waals surface area contributed by atoms with Crippen molar-refractivity contribution >= 4 is 15.7 Å². The van der Waals surface area contributed by atoms with Crippen molar-refractivity contribution in [3.8, 4) is 0 Å². The minimum atomic E-state index is -3.64. The zero-order valence-corrected chi connectivity index (χ0v) is 10.5. The van der Waals surface area contributed by atoms with Crippen molar-refractivity contribution in [2.45, 2.75) is 17.9 Å². The molecule has 6 nitrogen and oxygen atoms in total. The van der Waals surface area contributed by atoms with Gasteiger partial charge in [-0.3, -0.25) is 4.72 Å². The van der Waals surface area contributed by atoms with Crippen molar-refractivity contribution in [2.75, 3.05) is 4.72 Å². The fraction of sp³-hybridized carbons (Fsp3) is 0.182. The van der Waals surface area contributed by atoms with Gasteiger partial charge in [0.2, 0.25) is 0 Å². The quantitative estimate of drug-likeness (QED) is 0.874. The molecule has 0 bridgehead atoms. The summed E-state index contributed by atoms with van der Waals surface area (Å²) in [6, 6.07) is 6.25. The molecule has 2 aromatic rings. The largest absolute Gasteiger partial charge is 0.362 e. The Morgan fingerprint density at radius 2 is 2.22 bits per heavy atom. The summed E-state index contributed by atoms with van der Waals surface area (Å²) in [5.74, 6) is 0. The lowest BCUT2D eigenvalue weighted by Crippen LogP contribution is -2.13. The van der Waals surface area contributed by atoms with Crippen LogP contribution < -0.4 is 10.5 Å². The molecule has 0 amide bonds. The van der Waals surface area contributed by atoms with E-state index in [1.165, 1.54) is 18.5 Å². The number of sulfonamides is 1. The summed E-state index contributed by atoms with van der Waals surface area (Å²) in [6.45, 7) is 1.79. The molecule has 96 valence electrons. The smallest absolute Gasteiger partial charge is 0.262 e. The van der Waals surface area contributed by atoms with E-state index in [9.17, 15) is 8.42 Å². The Balaban J connectivity index is 2.32. The minimum Gasteiger partial charge on any atom is -0.362 e. The fourth-order valence-electron chi connectivity index (χ4n) is 1.43. The molecule has 0 fully saturated rings. The average molecular weight is 267 g/mol. The molecular weight excluding hydrogens is 254 g/mol. The summed E-state index contributed by atoms with van der Waals surface area (Å²) in [7, 11) is -3.64. The van der Waals surface area contributed by atoms with Crippen LogP contribution in [-0.4, -0.2) is 13.6 Å². The van der Waals surface area contributed by atoms with Gasteiger partial charge < -0.3 is 10.3 Å². The molecule has 0 aliphatic heterocycles. The van der Waals surface area contributed by atoms with E-state index in [-0.39, 0.29) is 16.6 Å². The molecule has 3 N–H and O–H groups in total. The molecule has 18 heavy (non-hydrogen) atoms. The second-order valence-electron chi connectivity index (χ2n) is 3.88. The molecule has 0 radical (unpaired) electrons. The van der Waals surface area contributed by atoms with Crippen LogP contribution in [0, 0.1) is 0 Å². The van der Waals surface area contributed by atoms with Crippen LogP contribution in [0.3, 0.4) is 0 Å². The molecular formula is C11H13N3O3S. The maximum Gasteiger partial charge on any atom is 0.262 e. The highest BCUT2D eigenvalue weighted by atomic mass is 32.2. The number of nitrogens with two attached hydrogens (primary N) is 1. The van der Waals surface area contributed by atoms with E-state index in [2.05, 4.69) is 14.4 Å². The number of nitrogens with one attached hydrogen (secondary N) is 1. The molecule has 2 rings (SSSR count). The van der Waals surface area contributed by atoms with Crippen molar-refractivity contribution in [3.05, 3.63) is 42.3 Å². The molecule has 1 heterocycles. The van der Waals surface area contributed by atoms with Crippen molar-refractivity contribution in [1.82, 2.24) is 5.16 Å². The van der Waals surface area contributed by atoms with E-state index in [4.69, 9.17) is 5.73 Å². The standard InChI is InChI=1S/C11H13N3O3S/c1-8(12)9-3-2-4-11(5-9)18(15,16)14-10-6-13-17-7-10/h2-8,14H,12H2,1H3. The van der Waals surface area contributed by atoms with Gasteiger partial charge in [0, 0.05) is 6.04 Å². The monoisotopic (exact) mass is 267 g/mol. The van der Waals surface area contributed by atoms with Gasteiger partial charge in [-0.25, -0.2) is 8.42 Å². The van der Waals surface area contributed by atoms with Crippen molar-refractivity contribution in [2.24, 2.45) is 5.73 Å². The lowest BCUT2D eigenvalue weighted by Gasteiger charge is -2.09. The van der Waals surface area contributed by atoms with E-state index in [0.717, 1.165) is 5.56 Å². The van der Waals surface area contributed by atoms with Crippen LogP contribution in [-0.2, 0) is 10.0 Å². The molecule has 0 saturated carbocycles. The van der Waals surface area contributed by atoms with E-state index < -0.39 is 10.0 Å². The summed E-state index contributed by atoms with van der Waals surface area (Å²) in [6.07, 6.45) is 2.50. The number of anilines is 1. The zero-order chi connectivity index (χ0) is 13.2. The lowest BCUT2D eigenvalue weighted by molar-refractivity contribution is 0.420. The topological polar surface area (TPSA) is 98.2 Å². The Labute approximate surface area is 105 Å². The Hall–Kier alpha value is -1.86.